The van der Waals surface area contributed by atoms with E-state index in [0.717, 1.165) is 16.8 Å². The molecular weight excluding hydrogens is 468 g/mol. The highest BCUT2D eigenvalue weighted by Gasteiger charge is 2.44. The highest BCUT2D eigenvalue weighted by molar-refractivity contribution is 5.85. The first-order valence-corrected chi connectivity index (χ1v) is 11.4. The van der Waals surface area contributed by atoms with E-state index >= 15 is 0 Å². The molecule has 11 heteroatoms. The summed E-state index contributed by atoms with van der Waals surface area (Å²) in [6, 6.07) is 12.9. The molecule has 1 saturated heterocycles. The van der Waals surface area contributed by atoms with Gasteiger partial charge in [-0.1, -0.05) is 12.1 Å². The Balaban J connectivity index is 1.33. The minimum atomic E-state index is -3.60. The van der Waals surface area contributed by atoms with E-state index in [-0.39, 0.29) is 11.5 Å². The Hall–Kier alpha value is -4.12. The fourth-order valence-corrected chi connectivity index (χ4v) is 4.05. The number of carbonyl (C=O) groups is 1. The summed E-state index contributed by atoms with van der Waals surface area (Å²) >= 11 is 0. The van der Waals surface area contributed by atoms with E-state index in [9.17, 15) is 13.6 Å². The fourth-order valence-electron chi connectivity index (χ4n) is 4.05. The molecule has 0 saturated carbocycles. The van der Waals surface area contributed by atoms with Crippen LogP contribution in [0.3, 0.4) is 0 Å². The molecule has 0 bridgehead atoms. The molecule has 0 unspecified atom stereocenters. The number of alkyl halides is 2. The fraction of sp³-hybridized carbons (Fsp3) is 0.280. The van der Waals surface area contributed by atoms with Gasteiger partial charge in [0.05, 0.1) is 24.5 Å². The predicted molar refractivity (Wildman–Crippen MR) is 130 cm³/mol. The van der Waals surface area contributed by atoms with Crippen LogP contribution in [-0.4, -0.2) is 75.6 Å². The van der Waals surface area contributed by atoms with Crippen molar-refractivity contribution in [1.29, 1.82) is 0 Å². The van der Waals surface area contributed by atoms with Gasteiger partial charge in [-0.3, -0.25) is 4.79 Å². The van der Waals surface area contributed by atoms with E-state index in [4.69, 9.17) is 4.74 Å². The maximum absolute atomic E-state index is 14.9. The van der Waals surface area contributed by atoms with Gasteiger partial charge in [0.25, 0.3) is 5.91 Å². The summed E-state index contributed by atoms with van der Waals surface area (Å²) in [6.45, 7) is 1.73. The molecule has 1 fully saturated rings. The van der Waals surface area contributed by atoms with Gasteiger partial charge in [0.15, 0.2) is 0 Å². The van der Waals surface area contributed by atoms with Crippen LogP contribution in [0.1, 0.15) is 5.56 Å². The molecule has 0 aliphatic carbocycles. The van der Waals surface area contributed by atoms with Gasteiger partial charge in [-0.15, -0.1) is 5.10 Å². The number of halogens is 2. The number of pyridine rings is 1. The molecule has 1 aromatic carbocycles. The summed E-state index contributed by atoms with van der Waals surface area (Å²) in [4.78, 5) is 24.3. The number of benzene rings is 1. The van der Waals surface area contributed by atoms with Gasteiger partial charge in [-0.05, 0) is 37.4 Å². The molecule has 36 heavy (non-hydrogen) atoms. The predicted octanol–water partition coefficient (Wildman–Crippen LogP) is 3.41. The van der Waals surface area contributed by atoms with Crippen LogP contribution in [0.4, 0.5) is 20.4 Å². The summed E-state index contributed by atoms with van der Waals surface area (Å²) < 4.78 is 36.7. The first-order chi connectivity index (χ1) is 17.3. The molecule has 0 spiro atoms. The number of ether oxygens (including phenoxy) is 1. The zero-order valence-corrected chi connectivity index (χ0v) is 19.9. The number of hydrogen-bond donors (Lipinski definition) is 1. The average molecular weight is 494 g/mol. The van der Waals surface area contributed by atoms with Crippen molar-refractivity contribution in [3.8, 4) is 17.1 Å². The van der Waals surface area contributed by atoms with Gasteiger partial charge < -0.3 is 19.9 Å². The Labute approximate surface area is 206 Å². The molecule has 1 amide bonds. The number of nitrogens with one attached hydrogen (secondary N) is 1. The van der Waals surface area contributed by atoms with Crippen LogP contribution in [0.15, 0.2) is 60.9 Å². The van der Waals surface area contributed by atoms with E-state index in [1.54, 1.807) is 30.1 Å². The molecule has 9 nitrogen and oxygen atoms in total. The van der Waals surface area contributed by atoms with Crippen LogP contribution >= 0.6 is 0 Å². The lowest BCUT2D eigenvalue weighted by Crippen LogP contribution is -2.51. The SMILES string of the molecule is COc1ccc(-c2ccc3cnc(Nc4ccc(C(F)(F)C(=O)N5CCN(C)CC5)cc4)nn23)cn1. The highest BCUT2D eigenvalue weighted by atomic mass is 19.3. The van der Waals surface area contributed by atoms with E-state index in [0.29, 0.717) is 37.7 Å². The normalized spacial score (nSPS) is 14.7. The quantitative estimate of drug-likeness (QED) is 0.441. The van der Waals surface area contributed by atoms with Crippen molar-refractivity contribution in [2.45, 2.75) is 5.92 Å². The van der Waals surface area contributed by atoms with Gasteiger partial charge in [0.2, 0.25) is 11.8 Å². The highest BCUT2D eigenvalue weighted by Crippen LogP contribution is 2.32. The Morgan fingerprint density at radius 3 is 2.39 bits per heavy atom. The maximum Gasteiger partial charge on any atom is 0.349 e. The smallest absolute Gasteiger partial charge is 0.349 e. The third kappa shape index (κ3) is 4.57. The number of carbonyl (C=O) groups excluding carboxylic acids is 1. The lowest BCUT2D eigenvalue weighted by molar-refractivity contribution is -0.160. The molecule has 3 aromatic heterocycles. The van der Waals surface area contributed by atoms with Crippen molar-refractivity contribution in [2.75, 3.05) is 45.7 Å². The molecule has 0 radical (unpaired) electrons. The van der Waals surface area contributed by atoms with Crippen molar-refractivity contribution >= 4 is 23.1 Å². The maximum atomic E-state index is 14.9. The topological polar surface area (TPSA) is 87.9 Å². The van der Waals surface area contributed by atoms with Gasteiger partial charge in [0, 0.05) is 55.3 Å². The van der Waals surface area contributed by atoms with Gasteiger partial charge >= 0.3 is 5.92 Å². The summed E-state index contributed by atoms with van der Waals surface area (Å²) in [6.07, 6.45) is 3.35. The minimum Gasteiger partial charge on any atom is -0.481 e. The molecule has 1 aliphatic rings. The van der Waals surface area contributed by atoms with E-state index in [1.165, 1.54) is 29.2 Å². The van der Waals surface area contributed by atoms with Gasteiger partial charge in [-0.25, -0.2) is 14.5 Å². The summed E-state index contributed by atoms with van der Waals surface area (Å²) in [7, 11) is 3.46. The zero-order chi connectivity index (χ0) is 25.3. The number of fused-ring (bicyclic) bond motifs is 1. The van der Waals surface area contributed by atoms with Crippen LogP contribution in [0, 0.1) is 0 Å². The molecule has 4 aromatic rings. The Kier molecular flexibility index (Phi) is 6.23. The number of methoxy groups -OCH3 is 1. The van der Waals surface area contributed by atoms with Crippen LogP contribution in [0.2, 0.25) is 0 Å². The number of aromatic nitrogens is 4. The van der Waals surface area contributed by atoms with E-state index in [2.05, 4.69) is 20.4 Å². The van der Waals surface area contributed by atoms with Crippen LogP contribution in [0.25, 0.3) is 16.8 Å². The first-order valence-electron chi connectivity index (χ1n) is 11.4. The summed E-state index contributed by atoms with van der Waals surface area (Å²) in [5, 5.41) is 7.57. The minimum absolute atomic E-state index is 0.287. The van der Waals surface area contributed by atoms with Crippen molar-refractivity contribution in [2.24, 2.45) is 0 Å². The standard InChI is InChI=1S/C25H25F2N7O2/c1-32-11-13-33(14-12-32)23(35)25(26,27)18-4-6-19(7-5-18)30-24-29-16-20-8-9-21(34(20)31-24)17-3-10-22(36-2)28-15-17/h3-10,15-16H,11-14H2,1-2H3,(H,30,31). The zero-order valence-electron chi connectivity index (χ0n) is 19.9. The van der Waals surface area contributed by atoms with E-state index in [1.807, 2.05) is 30.1 Å². The second kappa shape index (κ2) is 9.50. The number of nitrogens with zero attached hydrogens (tertiary/aromatic N) is 6. The third-order valence-corrected chi connectivity index (χ3v) is 6.20. The molecular formula is C25H25F2N7O2. The summed E-state index contributed by atoms with van der Waals surface area (Å²) in [5.74, 6) is -3.97. The van der Waals surface area contributed by atoms with Crippen LogP contribution in [-0.2, 0) is 10.7 Å². The van der Waals surface area contributed by atoms with Crippen LogP contribution < -0.4 is 10.1 Å². The molecule has 1 aliphatic heterocycles. The summed E-state index contributed by atoms with van der Waals surface area (Å²) in [5.41, 5.74) is 2.60. The molecule has 1 N–H and O–H groups in total. The van der Waals surface area contributed by atoms with Crippen molar-refractivity contribution < 1.29 is 18.3 Å². The molecule has 186 valence electrons. The number of likely N-dealkylation sites (N-methyl/N-ethyl adjacent to an activating group) is 1. The lowest BCUT2D eigenvalue weighted by Gasteiger charge is -2.34. The monoisotopic (exact) mass is 493 g/mol. The van der Waals surface area contributed by atoms with Crippen molar-refractivity contribution in [3.63, 3.8) is 0 Å². The largest absolute Gasteiger partial charge is 0.481 e. The van der Waals surface area contributed by atoms with Crippen molar-refractivity contribution in [3.05, 3.63) is 66.5 Å². The Morgan fingerprint density at radius 1 is 0.972 bits per heavy atom. The Morgan fingerprint density at radius 2 is 1.72 bits per heavy atom. The number of piperazine rings is 1. The third-order valence-electron chi connectivity index (χ3n) is 6.20. The second-order valence-corrected chi connectivity index (χ2v) is 8.60. The number of amides is 1. The molecule has 4 heterocycles. The van der Waals surface area contributed by atoms with Crippen molar-refractivity contribution in [1.82, 2.24) is 29.4 Å². The molecule has 5 rings (SSSR count). The molecule has 0 atom stereocenters. The second-order valence-electron chi connectivity index (χ2n) is 8.60. The lowest BCUT2D eigenvalue weighted by atomic mass is 10.1. The van der Waals surface area contributed by atoms with Gasteiger partial charge in [-0.2, -0.15) is 8.78 Å². The Bertz CT molecular complexity index is 1370. The van der Waals surface area contributed by atoms with E-state index < -0.39 is 11.8 Å². The number of anilines is 2. The average Bonchev–Trinajstić information content (AvgIpc) is 3.32. The van der Waals surface area contributed by atoms with Crippen LogP contribution in [0.5, 0.6) is 5.88 Å². The van der Waals surface area contributed by atoms with Gasteiger partial charge in [0.1, 0.15) is 0 Å². The number of rotatable bonds is 6. The number of hydrogen-bond acceptors (Lipinski definition) is 7. The first kappa shape index (κ1) is 23.6.